The monoisotopic (exact) mass is 454 g/mol. The number of nitro benzene ring substituents is 1. The molecule has 0 atom stereocenters. The zero-order chi connectivity index (χ0) is 23.8. The summed E-state index contributed by atoms with van der Waals surface area (Å²) in [5, 5.41) is 16.0. The molecule has 1 aliphatic heterocycles. The summed E-state index contributed by atoms with van der Waals surface area (Å²) in [5.74, 6) is -1.17. The molecule has 0 aromatic heterocycles. The van der Waals surface area contributed by atoms with E-state index in [0.717, 1.165) is 0 Å². The normalized spacial score (nSPS) is 13.8. The minimum absolute atomic E-state index is 0.0310. The van der Waals surface area contributed by atoms with Gasteiger partial charge in [-0.05, 0) is 49.4 Å². The van der Waals surface area contributed by atoms with Crippen molar-refractivity contribution < 1.29 is 24.0 Å². The van der Waals surface area contributed by atoms with Crippen LogP contribution in [0.4, 0.5) is 11.4 Å². The van der Waals surface area contributed by atoms with Gasteiger partial charge in [0, 0.05) is 25.7 Å². The standard InChI is InChI=1S/C23H26N4O6/c1-16-7-8-19(20(13-16)27(31)32)25-23(30)22(29)24-14-17-9-11-26(12-10-17)21(28)15-33-18-5-3-2-4-6-18/h2-8,13,17H,9-12,14-15H2,1H3,(H,24,29)(H,25,30). The zero-order valence-corrected chi connectivity index (χ0v) is 18.3. The van der Waals surface area contributed by atoms with Gasteiger partial charge >= 0.3 is 11.8 Å². The molecule has 3 rings (SSSR count). The number of likely N-dealkylation sites (tertiary alicyclic amines) is 1. The predicted octanol–water partition coefficient (Wildman–Crippen LogP) is 2.28. The van der Waals surface area contributed by atoms with Gasteiger partial charge in [0.15, 0.2) is 6.61 Å². The number of nitrogens with zero attached hydrogens (tertiary/aromatic N) is 2. The summed E-state index contributed by atoms with van der Waals surface area (Å²) in [7, 11) is 0. The third kappa shape index (κ3) is 6.76. The van der Waals surface area contributed by atoms with Gasteiger partial charge in [-0.2, -0.15) is 0 Å². The number of rotatable bonds is 7. The van der Waals surface area contributed by atoms with Crippen LogP contribution in [0, 0.1) is 23.0 Å². The lowest BCUT2D eigenvalue weighted by molar-refractivity contribution is -0.384. The number of nitro groups is 1. The highest BCUT2D eigenvalue weighted by Gasteiger charge is 2.25. The van der Waals surface area contributed by atoms with Crippen molar-refractivity contribution in [1.82, 2.24) is 10.2 Å². The number of carbonyl (C=O) groups excluding carboxylic acids is 3. The number of aryl methyl sites for hydroxylation is 1. The lowest BCUT2D eigenvalue weighted by Crippen LogP contribution is -2.44. The largest absolute Gasteiger partial charge is 0.484 e. The molecule has 1 heterocycles. The van der Waals surface area contributed by atoms with Crippen LogP contribution < -0.4 is 15.4 Å². The van der Waals surface area contributed by atoms with E-state index in [0.29, 0.717) is 37.2 Å². The molecule has 0 radical (unpaired) electrons. The Bertz CT molecular complexity index is 1020. The highest BCUT2D eigenvalue weighted by molar-refractivity contribution is 6.39. The van der Waals surface area contributed by atoms with Gasteiger partial charge in [-0.15, -0.1) is 0 Å². The van der Waals surface area contributed by atoms with Gasteiger partial charge in [0.1, 0.15) is 11.4 Å². The van der Waals surface area contributed by atoms with Gasteiger partial charge in [0.25, 0.3) is 11.6 Å². The van der Waals surface area contributed by atoms with E-state index in [4.69, 9.17) is 4.74 Å². The topological polar surface area (TPSA) is 131 Å². The number of ether oxygens (including phenoxy) is 1. The van der Waals surface area contributed by atoms with Crippen LogP contribution in [0.1, 0.15) is 18.4 Å². The SMILES string of the molecule is Cc1ccc(NC(=O)C(=O)NCC2CCN(C(=O)COc3ccccc3)CC2)c([N+](=O)[O-])c1. The fraction of sp³-hybridized carbons (Fsp3) is 0.348. The first-order valence-corrected chi connectivity index (χ1v) is 10.6. The Kier molecular flexibility index (Phi) is 7.96. The second-order valence-corrected chi connectivity index (χ2v) is 7.87. The second kappa shape index (κ2) is 11.1. The predicted molar refractivity (Wildman–Crippen MR) is 121 cm³/mol. The Hall–Kier alpha value is -3.95. The highest BCUT2D eigenvalue weighted by atomic mass is 16.6. The number of hydrogen-bond acceptors (Lipinski definition) is 6. The van der Waals surface area contributed by atoms with Crippen molar-refractivity contribution in [3.8, 4) is 5.75 Å². The van der Waals surface area contributed by atoms with E-state index in [1.807, 2.05) is 18.2 Å². The Morgan fingerprint density at radius 1 is 1.09 bits per heavy atom. The first kappa shape index (κ1) is 23.7. The van der Waals surface area contributed by atoms with Crippen LogP contribution in [-0.2, 0) is 14.4 Å². The minimum Gasteiger partial charge on any atom is -0.484 e. The molecule has 3 amide bonds. The van der Waals surface area contributed by atoms with Crippen LogP contribution in [0.15, 0.2) is 48.5 Å². The number of piperidine rings is 1. The number of amides is 3. The zero-order valence-electron chi connectivity index (χ0n) is 18.3. The fourth-order valence-corrected chi connectivity index (χ4v) is 3.53. The maximum absolute atomic E-state index is 12.3. The summed E-state index contributed by atoms with van der Waals surface area (Å²) in [6, 6.07) is 13.4. The third-order valence-electron chi connectivity index (χ3n) is 5.43. The number of hydrogen-bond donors (Lipinski definition) is 2. The molecule has 174 valence electrons. The Morgan fingerprint density at radius 3 is 2.45 bits per heavy atom. The van der Waals surface area contributed by atoms with Crippen LogP contribution >= 0.6 is 0 Å². The molecule has 2 aromatic rings. The van der Waals surface area contributed by atoms with Crippen LogP contribution in [0.25, 0.3) is 0 Å². The van der Waals surface area contributed by atoms with E-state index in [9.17, 15) is 24.5 Å². The fourth-order valence-electron chi connectivity index (χ4n) is 3.53. The number of nitrogens with one attached hydrogen (secondary N) is 2. The van der Waals surface area contributed by atoms with E-state index < -0.39 is 16.7 Å². The lowest BCUT2D eigenvalue weighted by atomic mass is 9.96. The minimum atomic E-state index is -0.965. The molecule has 2 N–H and O–H groups in total. The Labute approximate surface area is 191 Å². The summed E-state index contributed by atoms with van der Waals surface area (Å²) in [5.41, 5.74) is 0.361. The van der Waals surface area contributed by atoms with Crippen molar-refractivity contribution in [3.63, 3.8) is 0 Å². The lowest BCUT2D eigenvalue weighted by Gasteiger charge is -2.32. The van der Waals surface area contributed by atoms with Gasteiger partial charge in [-0.25, -0.2) is 0 Å². The van der Waals surface area contributed by atoms with Crippen molar-refractivity contribution in [3.05, 3.63) is 64.2 Å². The highest BCUT2D eigenvalue weighted by Crippen LogP contribution is 2.25. The van der Waals surface area contributed by atoms with Crippen molar-refractivity contribution in [1.29, 1.82) is 0 Å². The molecule has 1 saturated heterocycles. The van der Waals surface area contributed by atoms with E-state index >= 15 is 0 Å². The summed E-state index contributed by atoms with van der Waals surface area (Å²) in [6.07, 6.45) is 1.37. The van der Waals surface area contributed by atoms with Crippen LogP contribution in [0.3, 0.4) is 0 Å². The first-order valence-electron chi connectivity index (χ1n) is 10.6. The maximum Gasteiger partial charge on any atom is 0.313 e. The number of benzene rings is 2. The van der Waals surface area contributed by atoms with Crippen LogP contribution in [0.5, 0.6) is 5.75 Å². The van der Waals surface area contributed by atoms with E-state index in [1.54, 1.807) is 30.0 Å². The average molecular weight is 454 g/mol. The summed E-state index contributed by atoms with van der Waals surface area (Å²) in [4.78, 5) is 48.9. The van der Waals surface area contributed by atoms with Crippen LogP contribution in [-0.4, -0.2) is 53.8 Å². The molecule has 1 aliphatic rings. The quantitative estimate of drug-likeness (QED) is 0.375. The molecule has 1 fully saturated rings. The van der Waals surface area contributed by atoms with Gasteiger partial charge in [0.05, 0.1) is 4.92 Å². The molecule has 0 bridgehead atoms. The molecule has 10 nitrogen and oxygen atoms in total. The Morgan fingerprint density at radius 2 is 1.79 bits per heavy atom. The summed E-state index contributed by atoms with van der Waals surface area (Å²) in [6.45, 7) is 3.03. The third-order valence-corrected chi connectivity index (χ3v) is 5.43. The number of para-hydroxylation sites is 1. The van der Waals surface area contributed by atoms with Crippen molar-refractivity contribution in [2.75, 3.05) is 31.6 Å². The van der Waals surface area contributed by atoms with Crippen molar-refractivity contribution >= 4 is 29.1 Å². The molecular weight excluding hydrogens is 428 g/mol. The van der Waals surface area contributed by atoms with Crippen LogP contribution in [0.2, 0.25) is 0 Å². The first-order chi connectivity index (χ1) is 15.8. The molecule has 0 unspecified atom stereocenters. The summed E-state index contributed by atoms with van der Waals surface area (Å²) >= 11 is 0. The molecule has 2 aromatic carbocycles. The molecule has 0 spiro atoms. The molecule has 0 aliphatic carbocycles. The van der Waals surface area contributed by atoms with Crippen molar-refractivity contribution in [2.45, 2.75) is 19.8 Å². The van der Waals surface area contributed by atoms with E-state index in [-0.39, 0.29) is 36.4 Å². The smallest absolute Gasteiger partial charge is 0.313 e. The molecular formula is C23H26N4O6. The van der Waals surface area contributed by atoms with E-state index in [2.05, 4.69) is 10.6 Å². The number of anilines is 1. The molecule has 10 heteroatoms. The van der Waals surface area contributed by atoms with Gasteiger partial charge in [0.2, 0.25) is 0 Å². The molecule has 0 saturated carbocycles. The van der Waals surface area contributed by atoms with Gasteiger partial charge < -0.3 is 20.3 Å². The van der Waals surface area contributed by atoms with E-state index in [1.165, 1.54) is 12.1 Å². The number of carbonyl (C=O) groups is 3. The Balaban J connectivity index is 1.40. The molecule has 33 heavy (non-hydrogen) atoms. The maximum atomic E-state index is 12.3. The summed E-state index contributed by atoms with van der Waals surface area (Å²) < 4.78 is 5.50. The average Bonchev–Trinajstić information content (AvgIpc) is 2.82. The van der Waals surface area contributed by atoms with Gasteiger partial charge in [-0.1, -0.05) is 24.3 Å². The second-order valence-electron chi connectivity index (χ2n) is 7.87. The van der Waals surface area contributed by atoms with Gasteiger partial charge in [-0.3, -0.25) is 24.5 Å². The van der Waals surface area contributed by atoms with Crippen molar-refractivity contribution in [2.24, 2.45) is 5.92 Å².